The largest absolute Gasteiger partial charge is 0.353 e. The first-order chi connectivity index (χ1) is 16.9. The Morgan fingerprint density at radius 3 is 2.06 bits per heavy atom. The monoisotopic (exact) mass is 432 g/mol. The van der Waals surface area contributed by atoms with Gasteiger partial charge >= 0.3 is 0 Å². The molecule has 1 N–H and O–H groups in total. The van der Waals surface area contributed by atoms with Gasteiger partial charge in [0, 0.05) is 32.7 Å². The number of hydrogen-bond donors (Lipinski definition) is 1. The van der Waals surface area contributed by atoms with Crippen LogP contribution in [-0.4, -0.2) is 9.55 Å². The first-order valence-corrected chi connectivity index (χ1v) is 11.7. The number of benzene rings is 6. The minimum atomic E-state index is 1.18. The van der Waals surface area contributed by atoms with E-state index in [-0.39, 0.29) is 0 Å². The number of H-pyrrole nitrogens is 1. The van der Waals surface area contributed by atoms with E-state index in [4.69, 9.17) is 0 Å². The molecule has 0 saturated carbocycles. The number of nitrogens with zero attached hydrogens (tertiary/aromatic N) is 1. The fraction of sp³-hybridized carbons (Fsp3) is 0. The Hall–Kier alpha value is -4.56. The van der Waals surface area contributed by atoms with Crippen LogP contribution in [0.4, 0.5) is 0 Å². The summed E-state index contributed by atoms with van der Waals surface area (Å²) in [6.07, 6.45) is 0. The van der Waals surface area contributed by atoms with Gasteiger partial charge in [-0.25, -0.2) is 0 Å². The van der Waals surface area contributed by atoms with Crippen LogP contribution in [0.1, 0.15) is 0 Å². The molecule has 0 atom stereocenters. The van der Waals surface area contributed by atoms with Crippen LogP contribution in [0.2, 0.25) is 0 Å². The van der Waals surface area contributed by atoms with Gasteiger partial charge in [0.25, 0.3) is 0 Å². The summed E-state index contributed by atoms with van der Waals surface area (Å²) in [4.78, 5) is 3.81. The predicted molar refractivity (Wildman–Crippen MR) is 145 cm³/mol. The van der Waals surface area contributed by atoms with Crippen LogP contribution in [0.3, 0.4) is 0 Å². The van der Waals surface area contributed by atoms with Crippen molar-refractivity contribution in [1.82, 2.24) is 9.55 Å². The molecular weight excluding hydrogens is 412 g/mol. The second-order valence-corrected chi connectivity index (χ2v) is 9.11. The molecule has 2 aromatic heterocycles. The highest BCUT2D eigenvalue weighted by molar-refractivity contribution is 6.28. The van der Waals surface area contributed by atoms with Crippen molar-refractivity contribution in [2.24, 2.45) is 0 Å². The third kappa shape index (κ3) is 2.29. The zero-order chi connectivity index (χ0) is 22.2. The van der Waals surface area contributed by atoms with Gasteiger partial charge in [0.05, 0.1) is 16.6 Å². The number of rotatable bonds is 1. The third-order valence-electron chi connectivity index (χ3n) is 7.27. The SMILES string of the molecule is c1ccc(-n2c3ccc4ccccc4c3c3ccc4c5cc6ccccc6cc5[nH]c4c32)cc1. The average molecular weight is 433 g/mol. The van der Waals surface area contributed by atoms with Crippen LogP contribution >= 0.6 is 0 Å². The molecule has 0 amide bonds. The zero-order valence-electron chi connectivity index (χ0n) is 18.4. The van der Waals surface area contributed by atoms with E-state index in [0.717, 1.165) is 0 Å². The topological polar surface area (TPSA) is 20.7 Å². The molecule has 2 heterocycles. The maximum absolute atomic E-state index is 3.81. The molecule has 0 fully saturated rings. The molecule has 0 aliphatic heterocycles. The summed E-state index contributed by atoms with van der Waals surface area (Å²) in [7, 11) is 0. The number of hydrogen-bond acceptors (Lipinski definition) is 0. The molecule has 0 radical (unpaired) electrons. The van der Waals surface area contributed by atoms with Crippen molar-refractivity contribution in [3.63, 3.8) is 0 Å². The molecule has 0 saturated heterocycles. The number of fused-ring (bicyclic) bond motifs is 10. The molecular formula is C32H20N2. The molecule has 2 heteroatoms. The quantitative estimate of drug-likeness (QED) is 0.268. The van der Waals surface area contributed by atoms with E-state index in [2.05, 4.69) is 125 Å². The lowest BCUT2D eigenvalue weighted by Crippen LogP contribution is -1.93. The first kappa shape index (κ1) is 17.9. The smallest absolute Gasteiger partial charge is 0.0783 e. The molecule has 0 aliphatic carbocycles. The predicted octanol–water partition coefficient (Wildman–Crippen LogP) is 8.72. The van der Waals surface area contributed by atoms with Crippen LogP contribution in [0.15, 0.2) is 115 Å². The van der Waals surface area contributed by atoms with E-state index in [0.29, 0.717) is 0 Å². The lowest BCUT2D eigenvalue weighted by atomic mass is 10.0. The number of aromatic amines is 1. The minimum absolute atomic E-state index is 1.18. The van der Waals surface area contributed by atoms with Crippen molar-refractivity contribution in [3.8, 4) is 5.69 Å². The summed E-state index contributed by atoms with van der Waals surface area (Å²) in [6, 6.07) is 41.7. The van der Waals surface area contributed by atoms with Crippen molar-refractivity contribution in [3.05, 3.63) is 115 Å². The van der Waals surface area contributed by atoms with Crippen molar-refractivity contribution in [2.45, 2.75) is 0 Å². The highest BCUT2D eigenvalue weighted by atomic mass is 15.0. The fourth-order valence-electron chi connectivity index (χ4n) is 5.77. The molecule has 0 aliphatic rings. The molecule has 2 nitrogen and oxygen atoms in total. The summed E-state index contributed by atoms with van der Waals surface area (Å²) in [5.41, 5.74) is 6.00. The summed E-state index contributed by atoms with van der Waals surface area (Å²) < 4.78 is 2.43. The normalized spacial score (nSPS) is 12.1. The molecule has 0 unspecified atom stereocenters. The van der Waals surface area contributed by atoms with E-state index in [1.165, 1.54) is 70.8 Å². The van der Waals surface area contributed by atoms with Crippen molar-refractivity contribution >= 4 is 65.2 Å². The van der Waals surface area contributed by atoms with Crippen molar-refractivity contribution < 1.29 is 0 Å². The van der Waals surface area contributed by atoms with Crippen LogP contribution in [-0.2, 0) is 0 Å². The molecule has 0 spiro atoms. The van der Waals surface area contributed by atoms with Gasteiger partial charge < -0.3 is 9.55 Å². The van der Waals surface area contributed by atoms with Gasteiger partial charge in [0.1, 0.15) is 0 Å². The molecule has 158 valence electrons. The highest BCUT2D eigenvalue weighted by Crippen LogP contribution is 2.41. The molecule has 0 bridgehead atoms. The Morgan fingerprint density at radius 2 is 1.21 bits per heavy atom. The van der Waals surface area contributed by atoms with Crippen LogP contribution in [0, 0.1) is 0 Å². The maximum Gasteiger partial charge on any atom is 0.0783 e. The standard InChI is InChI=1S/C32H20N2/c1-2-11-23(12-3-1)34-29-17-14-20-8-6-7-13-24(20)30(29)26-16-15-25-27-18-21-9-4-5-10-22(21)19-28(27)33-31(25)32(26)34/h1-19,33H. The van der Waals surface area contributed by atoms with Gasteiger partial charge in [-0.1, -0.05) is 84.9 Å². The lowest BCUT2D eigenvalue weighted by Gasteiger charge is -2.08. The van der Waals surface area contributed by atoms with E-state index >= 15 is 0 Å². The summed E-state index contributed by atoms with van der Waals surface area (Å²) >= 11 is 0. The second kappa shape index (κ2) is 6.49. The van der Waals surface area contributed by atoms with Crippen molar-refractivity contribution in [1.29, 1.82) is 0 Å². The van der Waals surface area contributed by atoms with Gasteiger partial charge in [-0.05, 0) is 51.9 Å². The lowest BCUT2D eigenvalue weighted by molar-refractivity contribution is 1.18. The maximum atomic E-state index is 3.81. The van der Waals surface area contributed by atoms with E-state index in [9.17, 15) is 0 Å². The average Bonchev–Trinajstić information content (AvgIpc) is 3.43. The van der Waals surface area contributed by atoms with Crippen LogP contribution in [0.5, 0.6) is 0 Å². The Labute approximate surface area is 195 Å². The Kier molecular flexibility index (Phi) is 3.42. The van der Waals surface area contributed by atoms with Crippen LogP contribution < -0.4 is 0 Å². The van der Waals surface area contributed by atoms with E-state index < -0.39 is 0 Å². The number of aromatic nitrogens is 2. The van der Waals surface area contributed by atoms with Crippen LogP contribution in [0.25, 0.3) is 70.8 Å². The summed E-state index contributed by atoms with van der Waals surface area (Å²) in [6.45, 7) is 0. The third-order valence-corrected chi connectivity index (χ3v) is 7.27. The molecule has 8 rings (SSSR count). The molecule has 8 aromatic rings. The first-order valence-electron chi connectivity index (χ1n) is 11.7. The van der Waals surface area contributed by atoms with Gasteiger partial charge in [-0.2, -0.15) is 0 Å². The Morgan fingerprint density at radius 1 is 0.500 bits per heavy atom. The Balaban J connectivity index is 1.64. The van der Waals surface area contributed by atoms with Gasteiger partial charge in [-0.15, -0.1) is 0 Å². The molecule has 34 heavy (non-hydrogen) atoms. The van der Waals surface area contributed by atoms with Gasteiger partial charge in [-0.3, -0.25) is 0 Å². The highest BCUT2D eigenvalue weighted by Gasteiger charge is 2.19. The van der Waals surface area contributed by atoms with Gasteiger partial charge in [0.2, 0.25) is 0 Å². The molecule has 6 aromatic carbocycles. The van der Waals surface area contributed by atoms with E-state index in [1.807, 2.05) is 0 Å². The number of para-hydroxylation sites is 1. The number of nitrogens with one attached hydrogen (secondary N) is 1. The minimum Gasteiger partial charge on any atom is -0.353 e. The van der Waals surface area contributed by atoms with Gasteiger partial charge in [0.15, 0.2) is 0 Å². The second-order valence-electron chi connectivity index (χ2n) is 9.11. The fourth-order valence-corrected chi connectivity index (χ4v) is 5.77. The van der Waals surface area contributed by atoms with Crippen molar-refractivity contribution in [2.75, 3.05) is 0 Å². The summed E-state index contributed by atoms with van der Waals surface area (Å²) in [5, 5.41) is 10.2. The van der Waals surface area contributed by atoms with E-state index in [1.54, 1.807) is 0 Å². The Bertz CT molecular complexity index is 2060. The summed E-state index contributed by atoms with van der Waals surface area (Å²) in [5.74, 6) is 0. The zero-order valence-corrected chi connectivity index (χ0v) is 18.4.